The van der Waals surface area contributed by atoms with E-state index in [1.54, 1.807) is 25.4 Å². The van der Waals surface area contributed by atoms with Gasteiger partial charge in [-0.15, -0.1) is 0 Å². The fraction of sp³-hybridized carbons (Fsp3) is 0.462. The monoisotopic (exact) mass is 236 g/mol. The van der Waals surface area contributed by atoms with E-state index in [4.69, 9.17) is 0 Å². The first-order valence-corrected chi connectivity index (χ1v) is 5.77. The quantitative estimate of drug-likeness (QED) is 0.462. The topological polar surface area (TPSA) is 58.5 Å². The second kappa shape index (κ2) is 8.44. The van der Waals surface area contributed by atoms with Gasteiger partial charge in [-0.25, -0.2) is 0 Å². The summed E-state index contributed by atoms with van der Waals surface area (Å²) in [5, 5.41) is 2.31. The highest BCUT2D eigenvalue weighted by Crippen LogP contribution is 2.19. The summed E-state index contributed by atoms with van der Waals surface area (Å²) in [6, 6.07) is 0. The first-order chi connectivity index (χ1) is 8.19. The molecule has 4 nitrogen and oxygen atoms in total. The predicted octanol–water partition coefficient (Wildman–Crippen LogP) is 1.88. The van der Waals surface area contributed by atoms with Crippen LogP contribution in [-0.2, 0) is 9.59 Å². The molecule has 0 aromatic carbocycles. The summed E-state index contributed by atoms with van der Waals surface area (Å²) in [6.45, 7) is 7.58. The van der Waals surface area contributed by atoms with Crippen LogP contribution < -0.4 is 5.32 Å². The lowest BCUT2D eigenvalue weighted by molar-refractivity contribution is -0.135. The van der Waals surface area contributed by atoms with Crippen LogP contribution in [0.25, 0.3) is 0 Å². The van der Waals surface area contributed by atoms with Crippen molar-refractivity contribution in [3.05, 3.63) is 24.3 Å². The van der Waals surface area contributed by atoms with Crippen LogP contribution in [0.15, 0.2) is 29.3 Å². The van der Waals surface area contributed by atoms with Gasteiger partial charge < -0.3 is 0 Å². The first-order valence-electron chi connectivity index (χ1n) is 5.77. The van der Waals surface area contributed by atoms with Gasteiger partial charge in [0.25, 0.3) is 0 Å². The molecule has 4 heteroatoms. The van der Waals surface area contributed by atoms with Crippen LogP contribution in [0.1, 0.15) is 26.7 Å². The number of carbonyl (C=O) groups is 2. The highest BCUT2D eigenvalue weighted by Gasteiger charge is 2.28. The zero-order chi connectivity index (χ0) is 13.3. The second-order valence-electron chi connectivity index (χ2n) is 3.29. The van der Waals surface area contributed by atoms with Crippen molar-refractivity contribution in [1.82, 2.24) is 5.32 Å². The molecule has 1 N–H and O–H groups in total. The van der Waals surface area contributed by atoms with Crippen LogP contribution in [-0.4, -0.2) is 25.1 Å². The summed E-state index contributed by atoms with van der Waals surface area (Å²) in [5.74, 6) is -0.744. The summed E-state index contributed by atoms with van der Waals surface area (Å²) in [6.07, 6.45) is 5.90. The number of hydrogen-bond donors (Lipinski definition) is 1. The average molecular weight is 236 g/mol. The Hall–Kier alpha value is -1.71. The van der Waals surface area contributed by atoms with E-state index in [1.807, 2.05) is 13.8 Å². The van der Waals surface area contributed by atoms with Crippen molar-refractivity contribution in [2.24, 2.45) is 10.9 Å². The van der Waals surface area contributed by atoms with Crippen LogP contribution in [0.5, 0.6) is 0 Å². The number of amides is 2. The van der Waals surface area contributed by atoms with Crippen molar-refractivity contribution in [2.75, 3.05) is 7.05 Å². The van der Waals surface area contributed by atoms with Crippen LogP contribution in [0, 0.1) is 5.92 Å². The zero-order valence-corrected chi connectivity index (χ0v) is 10.7. The third-order valence-electron chi connectivity index (χ3n) is 2.23. The molecule has 1 aliphatic rings. The van der Waals surface area contributed by atoms with Crippen molar-refractivity contribution in [3.8, 4) is 0 Å². The number of nitrogens with one attached hydrogen (secondary N) is 1. The van der Waals surface area contributed by atoms with Gasteiger partial charge in [-0.05, 0) is 12.0 Å². The van der Waals surface area contributed by atoms with Gasteiger partial charge in [-0.2, -0.15) is 0 Å². The van der Waals surface area contributed by atoms with E-state index in [-0.39, 0.29) is 17.7 Å². The van der Waals surface area contributed by atoms with Gasteiger partial charge in [-0.1, -0.05) is 32.6 Å². The Morgan fingerprint density at radius 3 is 2.59 bits per heavy atom. The SMILES string of the molecule is C=C/C=C(\C=NC)C1CCC(=O)NC1=O.CC. The minimum Gasteiger partial charge on any atom is -0.296 e. The molecule has 0 bridgehead atoms. The summed E-state index contributed by atoms with van der Waals surface area (Å²) < 4.78 is 0. The summed E-state index contributed by atoms with van der Waals surface area (Å²) in [7, 11) is 1.64. The van der Waals surface area contributed by atoms with E-state index >= 15 is 0 Å². The zero-order valence-electron chi connectivity index (χ0n) is 10.7. The molecular weight excluding hydrogens is 216 g/mol. The lowest BCUT2D eigenvalue weighted by Gasteiger charge is -2.21. The Bertz CT molecular complexity index is 343. The largest absolute Gasteiger partial charge is 0.296 e. The molecule has 17 heavy (non-hydrogen) atoms. The molecule has 0 radical (unpaired) electrons. The van der Waals surface area contributed by atoms with E-state index in [1.165, 1.54) is 0 Å². The molecule has 0 aromatic rings. The summed E-state index contributed by atoms with van der Waals surface area (Å²) in [4.78, 5) is 26.4. The van der Waals surface area contributed by atoms with Crippen LogP contribution in [0.3, 0.4) is 0 Å². The molecule has 1 saturated heterocycles. The number of carbonyl (C=O) groups excluding carboxylic acids is 2. The molecule has 0 aromatic heterocycles. The van der Waals surface area contributed by atoms with Gasteiger partial charge in [0.2, 0.25) is 11.8 Å². The van der Waals surface area contributed by atoms with E-state index in [2.05, 4.69) is 16.9 Å². The molecule has 1 heterocycles. The fourth-order valence-electron chi connectivity index (χ4n) is 1.55. The Balaban J connectivity index is 0.00000121. The second-order valence-corrected chi connectivity index (χ2v) is 3.29. The molecule has 2 amide bonds. The van der Waals surface area contributed by atoms with Crippen molar-refractivity contribution in [2.45, 2.75) is 26.7 Å². The van der Waals surface area contributed by atoms with E-state index in [0.29, 0.717) is 12.8 Å². The summed E-state index contributed by atoms with van der Waals surface area (Å²) in [5.41, 5.74) is 0.789. The molecule has 94 valence electrons. The Labute approximate surface area is 103 Å². The Morgan fingerprint density at radius 1 is 1.47 bits per heavy atom. The number of rotatable bonds is 3. The average Bonchev–Trinajstić information content (AvgIpc) is 2.32. The highest BCUT2D eigenvalue weighted by molar-refractivity contribution is 6.02. The lowest BCUT2D eigenvalue weighted by Crippen LogP contribution is -2.41. The first kappa shape index (κ1) is 15.3. The fourth-order valence-corrected chi connectivity index (χ4v) is 1.55. The minimum atomic E-state index is -0.288. The predicted molar refractivity (Wildman–Crippen MR) is 69.9 cm³/mol. The third kappa shape index (κ3) is 4.76. The molecule has 0 spiro atoms. The van der Waals surface area contributed by atoms with Gasteiger partial charge in [-0.3, -0.25) is 19.9 Å². The summed E-state index contributed by atoms with van der Waals surface area (Å²) >= 11 is 0. The van der Waals surface area contributed by atoms with Crippen molar-refractivity contribution >= 4 is 18.0 Å². The molecule has 1 atom stereocenters. The van der Waals surface area contributed by atoms with Crippen molar-refractivity contribution in [3.63, 3.8) is 0 Å². The lowest BCUT2D eigenvalue weighted by atomic mass is 9.90. The molecule has 0 aliphatic carbocycles. The standard InChI is InChI=1S/C11H14N2O2.C2H6/c1-3-4-8(7-12-2)9-5-6-10(14)13-11(9)15;1-2/h3-4,7,9H,1,5-6H2,2H3,(H,13,14,15);1-2H3/b8-4+,12-7?;. The molecule has 1 fully saturated rings. The van der Waals surface area contributed by atoms with Gasteiger partial charge in [0.15, 0.2) is 0 Å². The Morgan fingerprint density at radius 2 is 2.12 bits per heavy atom. The van der Waals surface area contributed by atoms with Gasteiger partial charge >= 0.3 is 0 Å². The maximum absolute atomic E-state index is 11.5. The number of imide groups is 1. The molecule has 1 rings (SSSR count). The van der Waals surface area contributed by atoms with Crippen molar-refractivity contribution < 1.29 is 9.59 Å². The van der Waals surface area contributed by atoms with E-state index < -0.39 is 0 Å². The number of nitrogens with zero attached hydrogens (tertiary/aromatic N) is 1. The smallest absolute Gasteiger partial charge is 0.234 e. The maximum atomic E-state index is 11.5. The Kier molecular flexibility index (Phi) is 7.59. The third-order valence-corrected chi connectivity index (χ3v) is 2.23. The normalized spacial score (nSPS) is 20.6. The van der Waals surface area contributed by atoms with Crippen LogP contribution >= 0.6 is 0 Å². The van der Waals surface area contributed by atoms with E-state index in [0.717, 1.165) is 5.57 Å². The number of piperidine rings is 1. The van der Waals surface area contributed by atoms with Gasteiger partial charge in [0.1, 0.15) is 0 Å². The van der Waals surface area contributed by atoms with Crippen LogP contribution in [0.2, 0.25) is 0 Å². The number of hydrogen-bond acceptors (Lipinski definition) is 3. The highest BCUT2D eigenvalue weighted by atomic mass is 16.2. The maximum Gasteiger partial charge on any atom is 0.234 e. The number of aliphatic imine (C=N–C) groups is 1. The molecule has 0 saturated carbocycles. The van der Waals surface area contributed by atoms with Crippen LogP contribution in [0.4, 0.5) is 0 Å². The van der Waals surface area contributed by atoms with Gasteiger partial charge in [0.05, 0.1) is 5.92 Å². The van der Waals surface area contributed by atoms with Gasteiger partial charge in [0, 0.05) is 19.7 Å². The minimum absolute atomic E-state index is 0.206. The molecule has 1 aliphatic heterocycles. The van der Waals surface area contributed by atoms with E-state index in [9.17, 15) is 9.59 Å². The number of allylic oxidation sites excluding steroid dienone is 2. The molecular formula is C13H20N2O2. The molecule has 1 unspecified atom stereocenters. The van der Waals surface area contributed by atoms with Crippen molar-refractivity contribution in [1.29, 1.82) is 0 Å².